The Hall–Kier alpha value is -2.93. The second-order valence-electron chi connectivity index (χ2n) is 5.54. The maximum Gasteiger partial charge on any atom is 0.291 e. The van der Waals surface area contributed by atoms with Gasteiger partial charge in [-0.15, -0.1) is 0 Å². The molecule has 5 nitrogen and oxygen atoms in total. The SMILES string of the molecule is Cc1ccc(C(=O)Nc2ccc(Br)cc2F)cc1NC(=O)c1ccco1. The number of benzene rings is 2. The highest BCUT2D eigenvalue weighted by Crippen LogP contribution is 2.22. The van der Waals surface area contributed by atoms with Gasteiger partial charge >= 0.3 is 0 Å². The largest absolute Gasteiger partial charge is 0.459 e. The summed E-state index contributed by atoms with van der Waals surface area (Å²) in [5, 5.41) is 5.21. The van der Waals surface area contributed by atoms with Crippen molar-refractivity contribution in [3.8, 4) is 0 Å². The highest BCUT2D eigenvalue weighted by molar-refractivity contribution is 9.10. The van der Waals surface area contributed by atoms with E-state index in [4.69, 9.17) is 4.42 Å². The molecule has 2 aromatic carbocycles. The third-order valence-electron chi connectivity index (χ3n) is 3.67. The molecule has 0 saturated heterocycles. The number of anilines is 2. The van der Waals surface area contributed by atoms with E-state index in [1.807, 2.05) is 0 Å². The standard InChI is InChI=1S/C19H14BrFN2O3/c1-11-4-5-12(9-16(11)23-19(25)17-3-2-8-26-17)18(24)22-15-7-6-13(20)10-14(15)21/h2-10H,1H3,(H,22,24)(H,23,25). The number of nitrogens with one attached hydrogen (secondary N) is 2. The third kappa shape index (κ3) is 4.00. The minimum absolute atomic E-state index is 0.0694. The predicted molar refractivity (Wildman–Crippen MR) is 99.9 cm³/mol. The summed E-state index contributed by atoms with van der Waals surface area (Å²) >= 11 is 3.16. The lowest BCUT2D eigenvalue weighted by Gasteiger charge is -2.11. The zero-order valence-electron chi connectivity index (χ0n) is 13.7. The first kappa shape index (κ1) is 17.9. The molecule has 1 heterocycles. The van der Waals surface area contributed by atoms with Gasteiger partial charge in [0.25, 0.3) is 11.8 Å². The number of hydrogen-bond donors (Lipinski definition) is 2. The lowest BCUT2D eigenvalue weighted by atomic mass is 10.1. The smallest absolute Gasteiger partial charge is 0.291 e. The van der Waals surface area contributed by atoms with Crippen molar-refractivity contribution in [3.05, 3.63) is 82.0 Å². The molecule has 0 saturated carbocycles. The van der Waals surface area contributed by atoms with E-state index in [2.05, 4.69) is 26.6 Å². The van der Waals surface area contributed by atoms with Crippen molar-refractivity contribution in [2.24, 2.45) is 0 Å². The van der Waals surface area contributed by atoms with E-state index in [0.717, 1.165) is 5.56 Å². The van der Waals surface area contributed by atoms with Crippen LogP contribution in [0.1, 0.15) is 26.5 Å². The molecule has 1 aromatic heterocycles. The van der Waals surface area contributed by atoms with Crippen LogP contribution in [-0.2, 0) is 0 Å². The number of furan rings is 1. The van der Waals surface area contributed by atoms with Crippen LogP contribution < -0.4 is 10.6 Å². The first-order valence-corrected chi connectivity index (χ1v) is 8.45. The molecule has 0 aliphatic carbocycles. The minimum Gasteiger partial charge on any atom is -0.459 e. The molecule has 7 heteroatoms. The van der Waals surface area contributed by atoms with Gasteiger partial charge < -0.3 is 15.1 Å². The van der Waals surface area contributed by atoms with Crippen LogP contribution in [0.2, 0.25) is 0 Å². The van der Waals surface area contributed by atoms with Crippen LogP contribution in [0.25, 0.3) is 0 Å². The second kappa shape index (κ2) is 7.53. The van der Waals surface area contributed by atoms with E-state index in [9.17, 15) is 14.0 Å². The van der Waals surface area contributed by atoms with Crippen molar-refractivity contribution in [3.63, 3.8) is 0 Å². The fourth-order valence-electron chi connectivity index (χ4n) is 2.27. The number of carbonyl (C=O) groups excluding carboxylic acids is 2. The van der Waals surface area contributed by atoms with Gasteiger partial charge in [0.2, 0.25) is 0 Å². The van der Waals surface area contributed by atoms with Gasteiger partial charge in [-0.3, -0.25) is 9.59 Å². The van der Waals surface area contributed by atoms with E-state index in [-0.39, 0.29) is 17.0 Å². The maximum absolute atomic E-state index is 13.9. The molecule has 2 amide bonds. The van der Waals surface area contributed by atoms with Crippen LogP contribution in [0.3, 0.4) is 0 Å². The molecule has 0 bridgehead atoms. The van der Waals surface area contributed by atoms with Gasteiger partial charge in [0.05, 0.1) is 12.0 Å². The first-order valence-electron chi connectivity index (χ1n) is 7.66. The van der Waals surface area contributed by atoms with Gasteiger partial charge in [0, 0.05) is 15.7 Å². The second-order valence-corrected chi connectivity index (χ2v) is 6.46. The quantitative estimate of drug-likeness (QED) is 0.628. The Morgan fingerprint density at radius 1 is 1.00 bits per heavy atom. The Kier molecular flexibility index (Phi) is 5.18. The average Bonchev–Trinajstić information content (AvgIpc) is 3.14. The molecule has 0 fully saturated rings. The highest BCUT2D eigenvalue weighted by Gasteiger charge is 2.14. The van der Waals surface area contributed by atoms with E-state index in [0.29, 0.717) is 10.2 Å². The summed E-state index contributed by atoms with van der Waals surface area (Å²) in [6, 6.07) is 12.3. The van der Waals surface area contributed by atoms with Crippen molar-refractivity contribution >= 4 is 39.1 Å². The maximum atomic E-state index is 13.9. The molecule has 0 atom stereocenters. The zero-order chi connectivity index (χ0) is 18.7. The number of carbonyl (C=O) groups is 2. The number of aryl methyl sites for hydroxylation is 1. The molecule has 26 heavy (non-hydrogen) atoms. The molecule has 3 rings (SSSR count). The predicted octanol–water partition coefficient (Wildman–Crippen LogP) is 4.99. The normalized spacial score (nSPS) is 10.4. The summed E-state index contributed by atoms with van der Waals surface area (Å²) in [7, 11) is 0. The Morgan fingerprint density at radius 2 is 1.77 bits per heavy atom. The van der Waals surface area contributed by atoms with Crippen molar-refractivity contribution in [1.82, 2.24) is 0 Å². The van der Waals surface area contributed by atoms with Crippen LogP contribution in [0.15, 0.2) is 63.7 Å². The summed E-state index contributed by atoms with van der Waals surface area (Å²) < 4.78 is 19.5. The van der Waals surface area contributed by atoms with E-state index >= 15 is 0 Å². The van der Waals surface area contributed by atoms with E-state index < -0.39 is 17.6 Å². The molecular formula is C19H14BrFN2O3. The van der Waals surface area contributed by atoms with Crippen molar-refractivity contribution in [2.45, 2.75) is 6.92 Å². The Morgan fingerprint density at radius 3 is 2.46 bits per heavy atom. The fraction of sp³-hybridized carbons (Fsp3) is 0.0526. The minimum atomic E-state index is -0.550. The van der Waals surface area contributed by atoms with Gasteiger partial charge in [-0.05, 0) is 55.0 Å². The molecule has 0 unspecified atom stereocenters. The molecule has 0 spiro atoms. The average molecular weight is 417 g/mol. The fourth-order valence-corrected chi connectivity index (χ4v) is 2.61. The molecule has 0 aliphatic rings. The number of rotatable bonds is 4. The number of amides is 2. The molecule has 0 radical (unpaired) electrons. The van der Waals surface area contributed by atoms with E-state index in [1.165, 1.54) is 30.5 Å². The van der Waals surface area contributed by atoms with Crippen LogP contribution in [0, 0.1) is 12.7 Å². The summed E-state index contributed by atoms with van der Waals surface area (Å²) in [5.41, 5.74) is 1.60. The topological polar surface area (TPSA) is 71.3 Å². The number of hydrogen-bond acceptors (Lipinski definition) is 3. The third-order valence-corrected chi connectivity index (χ3v) is 4.17. The van der Waals surface area contributed by atoms with Gasteiger partial charge in [-0.1, -0.05) is 22.0 Å². The Bertz CT molecular complexity index is 971. The van der Waals surface area contributed by atoms with Crippen molar-refractivity contribution in [2.75, 3.05) is 10.6 Å². The van der Waals surface area contributed by atoms with Gasteiger partial charge in [0.1, 0.15) is 5.82 Å². The monoisotopic (exact) mass is 416 g/mol. The van der Waals surface area contributed by atoms with Gasteiger partial charge in [-0.2, -0.15) is 0 Å². The Labute approximate surface area is 157 Å². The van der Waals surface area contributed by atoms with Gasteiger partial charge in [0.15, 0.2) is 5.76 Å². The zero-order valence-corrected chi connectivity index (χ0v) is 15.3. The van der Waals surface area contributed by atoms with Crippen LogP contribution in [0.4, 0.5) is 15.8 Å². The lowest BCUT2D eigenvalue weighted by molar-refractivity contribution is 0.0993. The van der Waals surface area contributed by atoms with Crippen LogP contribution in [0.5, 0.6) is 0 Å². The lowest BCUT2D eigenvalue weighted by Crippen LogP contribution is -2.15. The summed E-state index contributed by atoms with van der Waals surface area (Å²) in [6.45, 7) is 1.80. The van der Waals surface area contributed by atoms with E-state index in [1.54, 1.807) is 31.2 Å². The highest BCUT2D eigenvalue weighted by atomic mass is 79.9. The molecule has 3 aromatic rings. The molecule has 0 aliphatic heterocycles. The number of halogens is 2. The summed E-state index contributed by atoms with van der Waals surface area (Å²) in [5.74, 6) is -1.29. The molecular weight excluding hydrogens is 403 g/mol. The van der Waals surface area contributed by atoms with Crippen LogP contribution >= 0.6 is 15.9 Å². The Balaban J connectivity index is 1.80. The van der Waals surface area contributed by atoms with Gasteiger partial charge in [-0.25, -0.2) is 4.39 Å². The first-order chi connectivity index (χ1) is 12.4. The van der Waals surface area contributed by atoms with Crippen LogP contribution in [-0.4, -0.2) is 11.8 Å². The summed E-state index contributed by atoms with van der Waals surface area (Å²) in [6.07, 6.45) is 1.40. The van der Waals surface area contributed by atoms with Crippen molar-refractivity contribution < 1.29 is 18.4 Å². The molecule has 2 N–H and O–H groups in total. The summed E-state index contributed by atoms with van der Waals surface area (Å²) in [4.78, 5) is 24.5. The van der Waals surface area contributed by atoms with Crippen molar-refractivity contribution in [1.29, 1.82) is 0 Å². The molecule has 132 valence electrons.